The summed E-state index contributed by atoms with van der Waals surface area (Å²) in [5.41, 5.74) is 0.0924. The maximum Gasteiger partial charge on any atom is 0.304 e. The number of nitrogens with one attached hydrogen (secondary N) is 1. The van der Waals surface area contributed by atoms with Gasteiger partial charge in [-0.1, -0.05) is 13.0 Å². The smallest absolute Gasteiger partial charge is 0.304 e. The lowest BCUT2D eigenvalue weighted by atomic mass is 10.1. The van der Waals surface area contributed by atoms with E-state index >= 15 is 0 Å². The van der Waals surface area contributed by atoms with Gasteiger partial charge in [-0.3, -0.25) is 14.9 Å². The molecule has 0 aliphatic rings. The molecule has 0 aliphatic heterocycles. The molecular formula is C13H18FN3O3. The van der Waals surface area contributed by atoms with Crippen LogP contribution in [0.5, 0.6) is 0 Å². The Morgan fingerprint density at radius 1 is 1.55 bits per heavy atom. The van der Waals surface area contributed by atoms with Gasteiger partial charge < -0.3 is 10.2 Å². The molecule has 1 unspecified atom stereocenters. The van der Waals surface area contributed by atoms with Gasteiger partial charge in [-0.25, -0.2) is 0 Å². The third-order valence-electron chi connectivity index (χ3n) is 2.94. The topological polar surface area (TPSA) is 75.5 Å². The van der Waals surface area contributed by atoms with E-state index in [9.17, 15) is 19.3 Å². The molecule has 20 heavy (non-hydrogen) atoms. The van der Waals surface area contributed by atoms with Crippen LogP contribution in [0.25, 0.3) is 0 Å². The summed E-state index contributed by atoms with van der Waals surface area (Å²) in [4.78, 5) is 23.0. The normalized spacial score (nSPS) is 12.2. The predicted molar refractivity (Wildman–Crippen MR) is 72.6 cm³/mol. The van der Waals surface area contributed by atoms with Crippen LogP contribution in [0.3, 0.4) is 0 Å². The van der Waals surface area contributed by atoms with Crippen LogP contribution in [0.2, 0.25) is 0 Å². The zero-order chi connectivity index (χ0) is 15.3. The van der Waals surface area contributed by atoms with Gasteiger partial charge in [-0.2, -0.15) is 4.39 Å². The van der Waals surface area contributed by atoms with Crippen LogP contribution in [0.4, 0.5) is 10.1 Å². The lowest BCUT2D eigenvalue weighted by Crippen LogP contribution is -2.34. The summed E-state index contributed by atoms with van der Waals surface area (Å²) >= 11 is 0. The number of carbonyl (C=O) groups excluding carboxylic acids is 1. The number of carbonyl (C=O) groups is 1. The molecule has 110 valence electrons. The van der Waals surface area contributed by atoms with E-state index in [1.807, 2.05) is 4.90 Å². The molecule has 1 N–H and O–H groups in total. The van der Waals surface area contributed by atoms with Crippen molar-refractivity contribution in [3.05, 3.63) is 39.7 Å². The van der Waals surface area contributed by atoms with Crippen molar-refractivity contribution in [1.82, 2.24) is 10.2 Å². The summed E-state index contributed by atoms with van der Waals surface area (Å²) < 4.78 is 13.5. The fourth-order valence-corrected chi connectivity index (χ4v) is 1.97. The Bertz CT molecular complexity index is 508. The van der Waals surface area contributed by atoms with Crippen LogP contribution in [0.1, 0.15) is 12.5 Å². The van der Waals surface area contributed by atoms with Crippen molar-refractivity contribution in [3.63, 3.8) is 0 Å². The van der Waals surface area contributed by atoms with Gasteiger partial charge in [0, 0.05) is 32.1 Å². The van der Waals surface area contributed by atoms with E-state index in [1.165, 1.54) is 6.07 Å². The van der Waals surface area contributed by atoms with Crippen LogP contribution >= 0.6 is 0 Å². The first-order chi connectivity index (χ1) is 9.35. The highest BCUT2D eigenvalue weighted by Crippen LogP contribution is 2.18. The molecule has 0 radical (unpaired) electrons. The van der Waals surface area contributed by atoms with E-state index in [4.69, 9.17) is 0 Å². The molecule has 0 spiro atoms. The molecule has 7 heteroatoms. The van der Waals surface area contributed by atoms with Crippen LogP contribution in [0.15, 0.2) is 18.2 Å². The summed E-state index contributed by atoms with van der Waals surface area (Å²) in [5, 5.41) is 13.1. The second-order valence-electron chi connectivity index (χ2n) is 4.75. The van der Waals surface area contributed by atoms with Crippen LogP contribution in [-0.4, -0.2) is 36.4 Å². The fraction of sp³-hybridized carbons (Fsp3) is 0.462. The van der Waals surface area contributed by atoms with Gasteiger partial charge in [-0.05, 0) is 18.7 Å². The number of hydrogen-bond acceptors (Lipinski definition) is 4. The molecule has 1 aromatic rings. The van der Waals surface area contributed by atoms with E-state index in [1.54, 1.807) is 21.0 Å². The van der Waals surface area contributed by atoms with E-state index in [0.717, 1.165) is 12.1 Å². The van der Waals surface area contributed by atoms with Gasteiger partial charge in [-0.15, -0.1) is 0 Å². The molecule has 0 aromatic heterocycles. The maximum atomic E-state index is 13.5. The molecule has 0 fully saturated rings. The standard InChI is InChI=1S/C13H18FN3O3/c1-9(13(18)15-2)7-16(3)8-10-4-5-12(17(19)20)11(14)6-10/h4-6,9H,7-8H2,1-3H3,(H,15,18). The van der Waals surface area contributed by atoms with Gasteiger partial charge in [0.15, 0.2) is 0 Å². The van der Waals surface area contributed by atoms with Crippen molar-refractivity contribution in [2.24, 2.45) is 5.92 Å². The summed E-state index contributed by atoms with van der Waals surface area (Å²) in [6, 6.07) is 3.82. The third kappa shape index (κ3) is 4.27. The minimum absolute atomic E-state index is 0.0632. The second kappa shape index (κ2) is 6.95. The van der Waals surface area contributed by atoms with Gasteiger partial charge in [0.2, 0.25) is 11.7 Å². The van der Waals surface area contributed by atoms with Gasteiger partial charge >= 0.3 is 5.69 Å². The maximum absolute atomic E-state index is 13.5. The first kappa shape index (κ1) is 16.0. The van der Waals surface area contributed by atoms with Gasteiger partial charge in [0.05, 0.1) is 4.92 Å². The minimum atomic E-state index is -0.847. The van der Waals surface area contributed by atoms with Gasteiger partial charge in [0.25, 0.3) is 0 Å². The van der Waals surface area contributed by atoms with Crippen molar-refractivity contribution >= 4 is 11.6 Å². The molecule has 6 nitrogen and oxygen atoms in total. The Morgan fingerprint density at radius 2 is 2.20 bits per heavy atom. The Hall–Kier alpha value is -2.02. The number of nitro groups is 1. The monoisotopic (exact) mass is 283 g/mol. The highest BCUT2D eigenvalue weighted by molar-refractivity contribution is 5.78. The number of nitro benzene ring substituents is 1. The lowest BCUT2D eigenvalue weighted by Gasteiger charge is -2.20. The molecule has 1 aromatic carbocycles. The average Bonchev–Trinajstić information content (AvgIpc) is 2.37. The molecule has 0 saturated carbocycles. The van der Waals surface area contributed by atoms with Crippen molar-refractivity contribution in [3.8, 4) is 0 Å². The van der Waals surface area contributed by atoms with Crippen LogP contribution in [0, 0.1) is 21.8 Å². The molecule has 1 amide bonds. The van der Waals surface area contributed by atoms with Crippen molar-refractivity contribution in [1.29, 1.82) is 0 Å². The summed E-state index contributed by atoms with van der Waals surface area (Å²) in [6.45, 7) is 2.72. The Balaban J connectivity index is 2.67. The van der Waals surface area contributed by atoms with Crippen molar-refractivity contribution < 1.29 is 14.1 Å². The molecule has 0 heterocycles. The number of benzene rings is 1. The van der Waals surface area contributed by atoms with Gasteiger partial charge in [0.1, 0.15) is 0 Å². The predicted octanol–water partition coefficient (Wildman–Crippen LogP) is 1.55. The number of halogens is 1. The van der Waals surface area contributed by atoms with Crippen LogP contribution < -0.4 is 5.32 Å². The number of hydrogen-bond donors (Lipinski definition) is 1. The highest BCUT2D eigenvalue weighted by Gasteiger charge is 2.16. The second-order valence-corrected chi connectivity index (χ2v) is 4.75. The number of rotatable bonds is 6. The summed E-state index contributed by atoms with van der Waals surface area (Å²) in [5.74, 6) is -1.10. The zero-order valence-electron chi connectivity index (χ0n) is 11.7. The first-order valence-electron chi connectivity index (χ1n) is 6.18. The largest absolute Gasteiger partial charge is 0.359 e. The van der Waals surface area contributed by atoms with E-state index in [-0.39, 0.29) is 11.8 Å². The number of amides is 1. The Kier molecular flexibility index (Phi) is 5.57. The average molecular weight is 283 g/mol. The van der Waals surface area contributed by atoms with Crippen molar-refractivity contribution in [2.45, 2.75) is 13.5 Å². The molecular weight excluding hydrogens is 265 g/mol. The zero-order valence-corrected chi connectivity index (χ0v) is 11.7. The summed E-state index contributed by atoms with van der Waals surface area (Å²) in [7, 11) is 3.38. The molecule has 1 atom stereocenters. The Morgan fingerprint density at radius 3 is 2.70 bits per heavy atom. The SMILES string of the molecule is CNC(=O)C(C)CN(C)Cc1ccc([N+](=O)[O-])c(F)c1. The molecule has 1 rings (SSSR count). The van der Waals surface area contributed by atoms with Crippen molar-refractivity contribution in [2.75, 3.05) is 20.6 Å². The minimum Gasteiger partial charge on any atom is -0.359 e. The Labute approximate surface area is 116 Å². The fourth-order valence-electron chi connectivity index (χ4n) is 1.97. The third-order valence-corrected chi connectivity index (χ3v) is 2.94. The van der Waals surface area contributed by atoms with E-state index in [2.05, 4.69) is 5.32 Å². The van der Waals surface area contributed by atoms with Crippen LogP contribution in [-0.2, 0) is 11.3 Å². The van der Waals surface area contributed by atoms with E-state index < -0.39 is 16.4 Å². The number of nitrogens with zero attached hydrogens (tertiary/aromatic N) is 2. The lowest BCUT2D eigenvalue weighted by molar-refractivity contribution is -0.387. The molecule has 0 bridgehead atoms. The summed E-state index contributed by atoms with van der Waals surface area (Å²) in [6.07, 6.45) is 0. The highest BCUT2D eigenvalue weighted by atomic mass is 19.1. The quantitative estimate of drug-likeness (QED) is 0.635. The molecule has 0 aliphatic carbocycles. The molecule has 0 saturated heterocycles. The van der Waals surface area contributed by atoms with E-state index in [0.29, 0.717) is 18.7 Å². The first-order valence-corrected chi connectivity index (χ1v) is 6.18.